The van der Waals surface area contributed by atoms with Crippen molar-refractivity contribution in [3.8, 4) is 11.2 Å². The number of thiazole rings is 1. The number of hydrogen-bond acceptors (Lipinski definition) is 6. The topological polar surface area (TPSA) is 87.0 Å². The second-order valence-corrected chi connectivity index (χ2v) is 7.58. The quantitative estimate of drug-likeness (QED) is 0.430. The number of thioether (sulfide) groups is 1. The molecule has 2 aromatic carbocycles. The number of carbonyl (C=O) groups excluding carboxylic acids is 1. The van der Waals surface area contributed by atoms with Crippen molar-refractivity contribution in [2.75, 3.05) is 17.7 Å². The summed E-state index contributed by atoms with van der Waals surface area (Å²) in [4.78, 5) is 17.3. The Bertz CT molecular complexity index is 967. The predicted octanol–water partition coefficient (Wildman–Crippen LogP) is 5.28. The van der Waals surface area contributed by atoms with Crippen LogP contribution in [0.15, 0.2) is 45.8 Å². The summed E-state index contributed by atoms with van der Waals surface area (Å²) in [6, 6.07) is 10.5. The number of benzene rings is 2. The van der Waals surface area contributed by atoms with E-state index in [1.807, 2.05) is 23.6 Å². The van der Waals surface area contributed by atoms with Crippen LogP contribution in [0.2, 0.25) is 0 Å². The molecular formula is C16H11BrN4O2S2. The summed E-state index contributed by atoms with van der Waals surface area (Å²) in [5.41, 5.74) is 1.32. The van der Waals surface area contributed by atoms with Crippen LogP contribution in [0.5, 0.6) is 5.75 Å². The monoisotopic (exact) mass is 434 g/mol. The standard InChI is InChI=1S/C16H11BrN4O2S2/c1-23-12-6-11(24-8-18)7-13-14(12)20-16(25-13)21-15(22)19-10-4-2-9(17)3-5-10/h2-7H,1H3,(H2,19,20,21,22). The molecule has 0 saturated carbocycles. The fourth-order valence-corrected chi connectivity index (χ4v) is 3.79. The first-order chi connectivity index (χ1) is 12.1. The van der Waals surface area contributed by atoms with Gasteiger partial charge in [-0.2, -0.15) is 5.26 Å². The van der Waals surface area contributed by atoms with E-state index in [0.717, 1.165) is 25.8 Å². The Morgan fingerprint density at radius 1 is 1.32 bits per heavy atom. The van der Waals surface area contributed by atoms with Crippen molar-refractivity contribution in [1.82, 2.24) is 4.98 Å². The zero-order chi connectivity index (χ0) is 17.8. The normalized spacial score (nSPS) is 10.3. The largest absolute Gasteiger partial charge is 0.494 e. The zero-order valence-electron chi connectivity index (χ0n) is 12.9. The Morgan fingerprint density at radius 2 is 2.08 bits per heavy atom. The number of nitriles is 1. The molecule has 1 aromatic heterocycles. The molecule has 2 N–H and O–H groups in total. The molecule has 0 saturated heterocycles. The number of fused-ring (bicyclic) bond motifs is 1. The summed E-state index contributed by atoms with van der Waals surface area (Å²) in [7, 11) is 1.54. The molecular weight excluding hydrogens is 424 g/mol. The van der Waals surface area contributed by atoms with Crippen molar-refractivity contribution in [1.29, 1.82) is 5.26 Å². The number of anilines is 2. The van der Waals surface area contributed by atoms with Crippen LogP contribution in [0.1, 0.15) is 0 Å². The van der Waals surface area contributed by atoms with Gasteiger partial charge in [0.05, 0.1) is 11.8 Å². The third-order valence-corrected chi connectivity index (χ3v) is 5.15. The third-order valence-electron chi connectivity index (χ3n) is 3.14. The van der Waals surface area contributed by atoms with Gasteiger partial charge in [0.1, 0.15) is 16.7 Å². The van der Waals surface area contributed by atoms with Crippen molar-refractivity contribution in [3.63, 3.8) is 0 Å². The average Bonchev–Trinajstić information content (AvgIpc) is 2.98. The fraction of sp³-hybridized carbons (Fsp3) is 0.0625. The number of methoxy groups -OCH3 is 1. The lowest BCUT2D eigenvalue weighted by Gasteiger charge is -2.05. The highest BCUT2D eigenvalue weighted by molar-refractivity contribution is 9.10. The van der Waals surface area contributed by atoms with E-state index in [9.17, 15) is 4.79 Å². The van der Waals surface area contributed by atoms with E-state index in [-0.39, 0.29) is 6.03 Å². The SMILES string of the molecule is COc1cc(SC#N)cc2sc(NC(=O)Nc3ccc(Br)cc3)nc12. The minimum Gasteiger partial charge on any atom is -0.494 e. The van der Waals surface area contributed by atoms with Crippen LogP contribution in [-0.4, -0.2) is 18.1 Å². The van der Waals surface area contributed by atoms with Gasteiger partial charge in [0.25, 0.3) is 0 Å². The molecule has 0 aliphatic carbocycles. The van der Waals surface area contributed by atoms with E-state index in [1.54, 1.807) is 25.3 Å². The summed E-state index contributed by atoms with van der Waals surface area (Å²) in [5, 5.41) is 16.8. The molecule has 9 heteroatoms. The Morgan fingerprint density at radius 3 is 2.76 bits per heavy atom. The fourth-order valence-electron chi connectivity index (χ4n) is 2.09. The zero-order valence-corrected chi connectivity index (χ0v) is 16.1. The smallest absolute Gasteiger partial charge is 0.325 e. The van der Waals surface area contributed by atoms with Gasteiger partial charge in [-0.3, -0.25) is 5.32 Å². The van der Waals surface area contributed by atoms with Gasteiger partial charge in [-0.05, 0) is 48.2 Å². The predicted molar refractivity (Wildman–Crippen MR) is 104 cm³/mol. The molecule has 0 fully saturated rings. The first-order valence-electron chi connectivity index (χ1n) is 6.97. The minimum absolute atomic E-state index is 0.382. The highest BCUT2D eigenvalue weighted by atomic mass is 79.9. The number of carbonyl (C=O) groups is 1. The maximum atomic E-state index is 12.1. The van der Waals surface area contributed by atoms with Gasteiger partial charge in [-0.15, -0.1) is 0 Å². The molecule has 3 rings (SSSR count). The van der Waals surface area contributed by atoms with Gasteiger partial charge in [0, 0.05) is 15.1 Å². The van der Waals surface area contributed by atoms with E-state index in [1.165, 1.54) is 11.3 Å². The average molecular weight is 435 g/mol. The second kappa shape index (κ2) is 7.74. The van der Waals surface area contributed by atoms with Crippen molar-refractivity contribution in [2.45, 2.75) is 4.90 Å². The highest BCUT2D eigenvalue weighted by Crippen LogP contribution is 2.36. The van der Waals surface area contributed by atoms with E-state index in [0.29, 0.717) is 22.1 Å². The van der Waals surface area contributed by atoms with Gasteiger partial charge in [-0.1, -0.05) is 27.3 Å². The number of ether oxygens (including phenoxy) is 1. The molecule has 25 heavy (non-hydrogen) atoms. The summed E-state index contributed by atoms with van der Waals surface area (Å²) in [6.45, 7) is 0. The van der Waals surface area contributed by atoms with Crippen molar-refractivity contribution >= 4 is 66.1 Å². The van der Waals surface area contributed by atoms with Gasteiger partial charge in [-0.25, -0.2) is 9.78 Å². The maximum absolute atomic E-state index is 12.1. The van der Waals surface area contributed by atoms with Gasteiger partial charge < -0.3 is 10.1 Å². The third kappa shape index (κ3) is 4.22. The summed E-state index contributed by atoms with van der Waals surface area (Å²) in [6.07, 6.45) is 0. The van der Waals surface area contributed by atoms with Gasteiger partial charge in [0.15, 0.2) is 5.13 Å². The number of amides is 2. The maximum Gasteiger partial charge on any atom is 0.325 e. The van der Waals surface area contributed by atoms with Crippen LogP contribution < -0.4 is 15.4 Å². The molecule has 0 radical (unpaired) electrons. The number of nitrogens with zero attached hydrogens (tertiary/aromatic N) is 2. The van der Waals surface area contributed by atoms with Crippen LogP contribution in [0.3, 0.4) is 0 Å². The van der Waals surface area contributed by atoms with Crippen LogP contribution >= 0.6 is 39.0 Å². The molecule has 0 bridgehead atoms. The molecule has 0 unspecified atom stereocenters. The molecule has 2 amide bonds. The lowest BCUT2D eigenvalue weighted by molar-refractivity contribution is 0.262. The highest BCUT2D eigenvalue weighted by Gasteiger charge is 2.13. The summed E-state index contributed by atoms with van der Waals surface area (Å²) in [5.74, 6) is 0.563. The molecule has 6 nitrogen and oxygen atoms in total. The number of halogens is 1. The molecule has 0 atom stereocenters. The van der Waals surface area contributed by atoms with Gasteiger partial charge in [0.2, 0.25) is 0 Å². The van der Waals surface area contributed by atoms with Crippen LogP contribution in [0, 0.1) is 10.7 Å². The van der Waals surface area contributed by atoms with Crippen molar-refractivity contribution in [2.24, 2.45) is 0 Å². The number of aromatic nitrogens is 1. The van der Waals surface area contributed by atoms with Crippen LogP contribution in [-0.2, 0) is 0 Å². The minimum atomic E-state index is -0.382. The molecule has 3 aromatic rings. The molecule has 1 heterocycles. The first-order valence-corrected chi connectivity index (χ1v) is 9.39. The number of hydrogen-bond donors (Lipinski definition) is 2. The van der Waals surface area contributed by atoms with E-state index >= 15 is 0 Å². The van der Waals surface area contributed by atoms with Crippen LogP contribution in [0.25, 0.3) is 10.2 Å². The van der Waals surface area contributed by atoms with E-state index < -0.39 is 0 Å². The van der Waals surface area contributed by atoms with E-state index in [2.05, 4.69) is 31.5 Å². The number of urea groups is 1. The van der Waals surface area contributed by atoms with Crippen molar-refractivity contribution < 1.29 is 9.53 Å². The summed E-state index contributed by atoms with van der Waals surface area (Å²) < 4.78 is 7.09. The lowest BCUT2D eigenvalue weighted by Crippen LogP contribution is -2.19. The summed E-state index contributed by atoms with van der Waals surface area (Å²) >= 11 is 5.71. The Labute approximate surface area is 160 Å². The lowest BCUT2D eigenvalue weighted by atomic mass is 10.3. The molecule has 0 spiro atoms. The first kappa shape index (κ1) is 17.5. The Hall–Kier alpha value is -2.28. The number of nitrogens with one attached hydrogen (secondary N) is 2. The van der Waals surface area contributed by atoms with Crippen LogP contribution in [0.4, 0.5) is 15.6 Å². The molecule has 0 aliphatic heterocycles. The van der Waals surface area contributed by atoms with E-state index in [4.69, 9.17) is 10.00 Å². The number of thiocyanates is 1. The van der Waals surface area contributed by atoms with Crippen molar-refractivity contribution in [3.05, 3.63) is 40.9 Å². The van der Waals surface area contributed by atoms with Gasteiger partial charge >= 0.3 is 6.03 Å². The second-order valence-electron chi connectivity index (χ2n) is 4.77. The molecule has 0 aliphatic rings. The Kier molecular flexibility index (Phi) is 5.43. The Balaban J connectivity index is 1.80. The molecule has 126 valence electrons. The number of rotatable bonds is 4.